The van der Waals surface area contributed by atoms with Crippen molar-refractivity contribution in [3.8, 4) is 5.88 Å². The number of nitrogens with zero attached hydrogens (tertiary/aromatic N) is 3. The van der Waals surface area contributed by atoms with E-state index < -0.39 is 30.2 Å². The molecule has 0 spiro atoms. The summed E-state index contributed by atoms with van der Waals surface area (Å²) in [5.74, 6) is -2.64. The molecular formula is C21H27ClF2N6O3S. The van der Waals surface area contributed by atoms with E-state index in [0.717, 1.165) is 69.2 Å². The van der Waals surface area contributed by atoms with Gasteiger partial charge in [-0.1, -0.05) is 11.6 Å². The molecule has 13 heteroatoms. The van der Waals surface area contributed by atoms with Crippen molar-refractivity contribution in [1.29, 1.82) is 0 Å². The van der Waals surface area contributed by atoms with E-state index in [1.807, 2.05) is 0 Å². The van der Waals surface area contributed by atoms with E-state index in [1.165, 1.54) is 0 Å². The molecule has 1 aliphatic rings. The number of rotatable bonds is 10. The van der Waals surface area contributed by atoms with E-state index in [0.29, 0.717) is 6.54 Å². The molecule has 1 aliphatic heterocycles. The highest BCUT2D eigenvalue weighted by Gasteiger charge is 2.22. The molecule has 0 atom stereocenters. The van der Waals surface area contributed by atoms with E-state index in [-0.39, 0.29) is 27.0 Å². The Morgan fingerprint density at radius 3 is 2.65 bits per heavy atom. The van der Waals surface area contributed by atoms with Crippen LogP contribution >= 0.6 is 23.1 Å². The van der Waals surface area contributed by atoms with Crippen molar-refractivity contribution in [3.05, 3.63) is 39.9 Å². The first-order valence-corrected chi connectivity index (χ1v) is 11.9. The molecule has 3 amide bonds. The zero-order valence-corrected chi connectivity index (χ0v) is 20.3. The van der Waals surface area contributed by atoms with Crippen molar-refractivity contribution in [3.63, 3.8) is 0 Å². The van der Waals surface area contributed by atoms with Gasteiger partial charge in [-0.15, -0.1) is 0 Å². The summed E-state index contributed by atoms with van der Waals surface area (Å²) in [6, 6.07) is 1.21. The van der Waals surface area contributed by atoms with Gasteiger partial charge in [0.15, 0.2) is 0 Å². The van der Waals surface area contributed by atoms with Crippen molar-refractivity contribution in [1.82, 2.24) is 19.5 Å². The van der Waals surface area contributed by atoms with Gasteiger partial charge in [-0.3, -0.25) is 10.1 Å². The first-order chi connectivity index (χ1) is 16.2. The number of hydrogen-bond acceptors (Lipinski definition) is 7. The van der Waals surface area contributed by atoms with Crippen LogP contribution in [0, 0.1) is 11.6 Å². The van der Waals surface area contributed by atoms with Gasteiger partial charge >= 0.3 is 6.03 Å². The molecule has 186 valence electrons. The van der Waals surface area contributed by atoms with Gasteiger partial charge in [-0.2, -0.15) is 4.37 Å². The summed E-state index contributed by atoms with van der Waals surface area (Å²) in [6.45, 7) is 5.27. The topological polar surface area (TPSA) is 113 Å². The molecule has 2 heterocycles. The second-order valence-electron chi connectivity index (χ2n) is 7.94. The third-order valence-electron chi connectivity index (χ3n) is 5.37. The highest BCUT2D eigenvalue weighted by atomic mass is 35.5. The Kier molecular flexibility index (Phi) is 9.39. The van der Waals surface area contributed by atoms with E-state index in [4.69, 9.17) is 22.1 Å². The summed E-state index contributed by atoms with van der Waals surface area (Å²) >= 11 is 6.33. The van der Waals surface area contributed by atoms with E-state index in [2.05, 4.69) is 31.9 Å². The van der Waals surface area contributed by atoms with Crippen molar-refractivity contribution in [2.24, 2.45) is 5.73 Å². The number of likely N-dealkylation sites (N-methyl/N-ethyl adjacent to an activating group) is 1. The summed E-state index contributed by atoms with van der Waals surface area (Å²) in [4.78, 5) is 28.9. The lowest BCUT2D eigenvalue weighted by molar-refractivity contribution is 0.0996. The lowest BCUT2D eigenvalue weighted by atomic mass is 10.2. The van der Waals surface area contributed by atoms with Crippen LogP contribution in [0.4, 0.5) is 18.6 Å². The molecule has 0 unspecified atom stereocenters. The molecule has 1 aromatic carbocycles. The number of primary amides is 1. The molecule has 0 aliphatic carbocycles. The van der Waals surface area contributed by atoms with Crippen LogP contribution in [0.2, 0.25) is 5.02 Å². The second-order valence-corrected chi connectivity index (χ2v) is 9.12. The predicted molar refractivity (Wildman–Crippen MR) is 127 cm³/mol. The predicted octanol–water partition coefficient (Wildman–Crippen LogP) is 2.90. The van der Waals surface area contributed by atoms with Gasteiger partial charge in [0.2, 0.25) is 5.88 Å². The van der Waals surface area contributed by atoms with Crippen LogP contribution in [-0.2, 0) is 6.61 Å². The van der Waals surface area contributed by atoms with Crippen LogP contribution in [-0.4, -0.2) is 72.4 Å². The fourth-order valence-corrected chi connectivity index (χ4v) is 4.26. The lowest BCUT2D eigenvalue weighted by Crippen LogP contribution is -2.44. The molecule has 0 saturated carbocycles. The number of carbonyl (C=O) groups excluding carboxylic acids is 2. The molecule has 2 aromatic rings. The van der Waals surface area contributed by atoms with Gasteiger partial charge in [-0.05, 0) is 50.1 Å². The van der Waals surface area contributed by atoms with Gasteiger partial charge in [-0.25, -0.2) is 13.6 Å². The summed E-state index contributed by atoms with van der Waals surface area (Å²) in [5.41, 5.74) is 5.15. The Morgan fingerprint density at radius 1 is 1.21 bits per heavy atom. The number of amides is 3. The molecule has 1 aromatic heterocycles. The quantitative estimate of drug-likeness (QED) is 0.330. The van der Waals surface area contributed by atoms with Gasteiger partial charge in [0.05, 0.1) is 5.02 Å². The van der Waals surface area contributed by atoms with Crippen LogP contribution in [0.1, 0.15) is 28.8 Å². The van der Waals surface area contributed by atoms with E-state index in [1.54, 1.807) is 0 Å². The van der Waals surface area contributed by atoms with E-state index in [9.17, 15) is 18.4 Å². The highest BCUT2D eigenvalue weighted by molar-refractivity contribution is 7.11. The molecule has 1 fully saturated rings. The average Bonchev–Trinajstić information content (AvgIpc) is 3.19. The highest BCUT2D eigenvalue weighted by Crippen LogP contribution is 2.31. The molecule has 1 saturated heterocycles. The standard InChI is InChI=1S/C21H27ClF2N6O3S/c1-29-6-8-30(9-7-29)5-3-2-4-26-21(32)27-20-17(18(25)31)19(28-34-20)33-12-13-10-16(24)14(22)11-15(13)23/h10-11H,2-9,12H2,1H3,(H2,25,31)(H2,26,27,32). The minimum Gasteiger partial charge on any atom is -0.471 e. The zero-order chi connectivity index (χ0) is 24.7. The van der Waals surface area contributed by atoms with Crippen LogP contribution < -0.4 is 21.1 Å². The van der Waals surface area contributed by atoms with Crippen molar-refractivity contribution in [2.45, 2.75) is 19.4 Å². The molecule has 4 N–H and O–H groups in total. The Hall–Kier alpha value is -2.54. The van der Waals surface area contributed by atoms with Crippen molar-refractivity contribution >= 4 is 40.1 Å². The Balaban J connectivity index is 1.47. The summed E-state index contributed by atoms with van der Waals surface area (Å²) in [7, 11) is 2.11. The Bertz CT molecular complexity index is 1020. The number of ether oxygens (including phenoxy) is 1. The number of hydrogen-bond donors (Lipinski definition) is 3. The van der Waals surface area contributed by atoms with Gasteiger partial charge in [0.25, 0.3) is 5.91 Å². The Morgan fingerprint density at radius 2 is 1.94 bits per heavy atom. The maximum Gasteiger partial charge on any atom is 0.319 e. The molecule has 3 rings (SSSR count). The number of nitrogens with one attached hydrogen (secondary N) is 2. The summed E-state index contributed by atoms with van der Waals surface area (Å²) in [5, 5.41) is 5.02. The summed E-state index contributed by atoms with van der Waals surface area (Å²) < 4.78 is 36.9. The summed E-state index contributed by atoms with van der Waals surface area (Å²) in [6.07, 6.45) is 1.76. The first kappa shape index (κ1) is 26.1. The van der Waals surface area contributed by atoms with Gasteiger partial charge in [0, 0.05) is 38.3 Å². The van der Waals surface area contributed by atoms with Crippen molar-refractivity contribution in [2.75, 3.05) is 51.6 Å². The second kappa shape index (κ2) is 12.2. The van der Waals surface area contributed by atoms with Crippen LogP contribution in [0.3, 0.4) is 0 Å². The lowest BCUT2D eigenvalue weighted by Gasteiger charge is -2.32. The Labute approximate surface area is 205 Å². The number of unbranched alkanes of at least 4 members (excludes halogenated alkanes) is 1. The average molecular weight is 517 g/mol. The molecule has 9 nitrogen and oxygen atoms in total. The molecular weight excluding hydrogens is 490 g/mol. The number of piperazine rings is 1. The largest absolute Gasteiger partial charge is 0.471 e. The van der Waals surface area contributed by atoms with E-state index >= 15 is 0 Å². The fourth-order valence-electron chi connectivity index (χ4n) is 3.38. The number of anilines is 1. The number of urea groups is 1. The van der Waals surface area contributed by atoms with Crippen LogP contribution in [0.15, 0.2) is 12.1 Å². The SMILES string of the molecule is CN1CCN(CCCCNC(=O)Nc2snc(OCc3cc(F)c(Cl)cc3F)c2C(N)=O)CC1. The number of benzene rings is 1. The maximum atomic E-state index is 14.0. The number of carbonyl (C=O) groups is 2. The monoisotopic (exact) mass is 516 g/mol. The zero-order valence-electron chi connectivity index (χ0n) is 18.7. The smallest absolute Gasteiger partial charge is 0.319 e. The van der Waals surface area contributed by atoms with Gasteiger partial charge < -0.3 is 25.6 Å². The molecule has 0 bridgehead atoms. The molecule has 34 heavy (non-hydrogen) atoms. The fraction of sp³-hybridized carbons (Fsp3) is 0.476. The normalized spacial score (nSPS) is 14.7. The number of aromatic nitrogens is 1. The first-order valence-electron chi connectivity index (χ1n) is 10.8. The minimum absolute atomic E-state index is 0.0974. The number of halogens is 3. The molecule has 0 radical (unpaired) electrons. The minimum atomic E-state index is -0.881. The van der Waals surface area contributed by atoms with Gasteiger partial charge in [0.1, 0.15) is 28.8 Å². The van der Waals surface area contributed by atoms with Crippen LogP contribution in [0.5, 0.6) is 5.88 Å². The maximum absolute atomic E-state index is 14.0. The van der Waals surface area contributed by atoms with Crippen molar-refractivity contribution < 1.29 is 23.1 Å². The third kappa shape index (κ3) is 7.23. The number of nitrogens with two attached hydrogens (primary N) is 1. The van der Waals surface area contributed by atoms with Crippen LogP contribution in [0.25, 0.3) is 0 Å². The third-order valence-corrected chi connectivity index (χ3v) is 6.41.